The molecule has 0 radical (unpaired) electrons. The fourth-order valence-electron chi connectivity index (χ4n) is 1.80. The van der Waals surface area contributed by atoms with Crippen molar-refractivity contribution in [2.24, 2.45) is 0 Å². The van der Waals surface area contributed by atoms with Crippen molar-refractivity contribution in [3.63, 3.8) is 0 Å². The molecule has 2 heterocycles. The van der Waals surface area contributed by atoms with Gasteiger partial charge in [0.05, 0.1) is 16.8 Å². The molecule has 0 aliphatic carbocycles. The lowest BCUT2D eigenvalue weighted by molar-refractivity contribution is 0.0997. The van der Waals surface area contributed by atoms with Crippen molar-refractivity contribution in [3.05, 3.63) is 29.0 Å². The predicted molar refractivity (Wildman–Crippen MR) is 84.7 cm³/mol. The first-order valence-corrected chi connectivity index (χ1v) is 8.06. The van der Waals surface area contributed by atoms with Crippen LogP contribution in [0.2, 0.25) is 0 Å². The fraction of sp³-hybridized carbons (Fsp3) is 0.385. The van der Waals surface area contributed by atoms with Gasteiger partial charge in [0.2, 0.25) is 0 Å². The zero-order valence-electron chi connectivity index (χ0n) is 10.9. The van der Waals surface area contributed by atoms with Crippen LogP contribution in [0, 0.1) is 0 Å². The van der Waals surface area contributed by atoms with Gasteiger partial charge in [-0.05, 0) is 41.2 Å². The van der Waals surface area contributed by atoms with Crippen LogP contribution in [0.1, 0.15) is 6.92 Å². The van der Waals surface area contributed by atoms with Crippen LogP contribution < -0.4 is 5.32 Å². The van der Waals surface area contributed by atoms with Crippen LogP contribution in [-0.2, 0) is 0 Å². The van der Waals surface area contributed by atoms with Gasteiger partial charge in [0.15, 0.2) is 0 Å². The van der Waals surface area contributed by atoms with Crippen LogP contribution in [0.5, 0.6) is 0 Å². The molecule has 1 atom stereocenters. The van der Waals surface area contributed by atoms with Crippen LogP contribution in [0.3, 0.4) is 0 Å². The average Bonchev–Trinajstić information content (AvgIpc) is 2.36. The van der Waals surface area contributed by atoms with E-state index in [2.05, 4.69) is 31.2 Å². The van der Waals surface area contributed by atoms with E-state index in [4.69, 9.17) is 0 Å². The molecule has 0 saturated carbocycles. The van der Waals surface area contributed by atoms with Crippen LogP contribution in [0.15, 0.2) is 29.0 Å². The number of rotatable bonds is 5. The standard InChI is InChI=1S/C13H16BrN3OS/c1-13(18,8-19-2)7-17-10-3-4-15-11-5-9(14)6-16-12(10)11/h3-6,18H,7-8H2,1-2H3,(H,15,17). The van der Waals surface area contributed by atoms with E-state index in [1.165, 1.54) is 0 Å². The Balaban J connectivity index is 2.21. The molecule has 0 aromatic carbocycles. The monoisotopic (exact) mass is 341 g/mol. The summed E-state index contributed by atoms with van der Waals surface area (Å²) < 4.78 is 0.902. The van der Waals surface area contributed by atoms with E-state index in [0.29, 0.717) is 12.3 Å². The SMILES string of the molecule is CSCC(C)(O)CNc1ccnc2cc(Br)cnc12. The summed E-state index contributed by atoms with van der Waals surface area (Å²) in [5.41, 5.74) is 1.78. The Morgan fingerprint density at radius 3 is 3.00 bits per heavy atom. The maximum absolute atomic E-state index is 10.2. The highest BCUT2D eigenvalue weighted by atomic mass is 79.9. The highest BCUT2D eigenvalue weighted by Crippen LogP contribution is 2.22. The van der Waals surface area contributed by atoms with E-state index in [1.54, 1.807) is 24.2 Å². The first-order chi connectivity index (χ1) is 9.02. The van der Waals surface area contributed by atoms with Crippen LogP contribution >= 0.6 is 27.7 Å². The third-order valence-electron chi connectivity index (χ3n) is 2.66. The number of nitrogens with zero attached hydrogens (tertiary/aromatic N) is 2. The zero-order chi connectivity index (χ0) is 13.9. The number of aromatic nitrogens is 2. The van der Waals surface area contributed by atoms with Gasteiger partial charge in [-0.2, -0.15) is 11.8 Å². The van der Waals surface area contributed by atoms with Crippen LogP contribution in [-0.4, -0.2) is 39.2 Å². The molecule has 0 bridgehead atoms. The third-order valence-corrected chi connectivity index (χ3v) is 4.00. The molecule has 19 heavy (non-hydrogen) atoms. The van der Waals surface area contributed by atoms with Gasteiger partial charge in [-0.25, -0.2) is 0 Å². The van der Waals surface area contributed by atoms with Gasteiger partial charge in [0, 0.05) is 29.2 Å². The second-order valence-corrected chi connectivity index (χ2v) is 6.44. The molecule has 0 amide bonds. The Labute approximate surface area is 125 Å². The molecule has 0 saturated heterocycles. The van der Waals surface area contributed by atoms with E-state index < -0.39 is 5.60 Å². The van der Waals surface area contributed by atoms with E-state index in [9.17, 15) is 5.11 Å². The number of thioether (sulfide) groups is 1. The molecule has 0 aliphatic heterocycles. The molecule has 102 valence electrons. The molecule has 1 unspecified atom stereocenters. The summed E-state index contributed by atoms with van der Waals surface area (Å²) in [4.78, 5) is 8.65. The second-order valence-electron chi connectivity index (χ2n) is 4.66. The Bertz CT molecular complexity index is 577. The van der Waals surface area contributed by atoms with Crippen LogP contribution in [0.4, 0.5) is 5.69 Å². The van der Waals surface area contributed by atoms with Gasteiger partial charge < -0.3 is 10.4 Å². The summed E-state index contributed by atoms with van der Waals surface area (Å²) in [7, 11) is 0. The fourth-order valence-corrected chi connectivity index (χ4v) is 2.84. The highest BCUT2D eigenvalue weighted by Gasteiger charge is 2.19. The average molecular weight is 342 g/mol. The zero-order valence-corrected chi connectivity index (χ0v) is 13.3. The molecule has 4 nitrogen and oxygen atoms in total. The molecule has 0 aliphatic rings. The lowest BCUT2D eigenvalue weighted by atomic mass is 10.1. The number of pyridine rings is 2. The van der Waals surface area contributed by atoms with Crippen molar-refractivity contribution in [2.75, 3.05) is 23.9 Å². The topological polar surface area (TPSA) is 58.0 Å². The molecular weight excluding hydrogens is 326 g/mol. The minimum Gasteiger partial charge on any atom is -0.387 e. The number of anilines is 1. The van der Waals surface area contributed by atoms with Gasteiger partial charge in [-0.15, -0.1) is 0 Å². The first-order valence-electron chi connectivity index (χ1n) is 5.87. The summed E-state index contributed by atoms with van der Waals surface area (Å²) in [5.74, 6) is 0.683. The molecular formula is C13H16BrN3OS. The number of nitrogens with one attached hydrogen (secondary N) is 1. The Morgan fingerprint density at radius 1 is 1.47 bits per heavy atom. The quantitative estimate of drug-likeness (QED) is 0.875. The van der Waals surface area contributed by atoms with Crippen molar-refractivity contribution >= 4 is 44.4 Å². The molecule has 0 fully saturated rings. The van der Waals surface area contributed by atoms with Gasteiger partial charge in [0.1, 0.15) is 5.52 Å². The minimum atomic E-state index is -0.746. The maximum Gasteiger partial charge on any atom is 0.112 e. The van der Waals surface area contributed by atoms with Crippen molar-refractivity contribution in [3.8, 4) is 0 Å². The number of fused-ring (bicyclic) bond motifs is 1. The molecule has 2 rings (SSSR count). The lowest BCUT2D eigenvalue weighted by Crippen LogP contribution is -2.36. The third kappa shape index (κ3) is 3.81. The van der Waals surface area contributed by atoms with E-state index in [0.717, 1.165) is 21.2 Å². The van der Waals surface area contributed by atoms with E-state index in [1.807, 2.05) is 25.3 Å². The van der Waals surface area contributed by atoms with Crippen molar-refractivity contribution in [2.45, 2.75) is 12.5 Å². The highest BCUT2D eigenvalue weighted by molar-refractivity contribution is 9.10. The largest absolute Gasteiger partial charge is 0.387 e. The smallest absolute Gasteiger partial charge is 0.112 e. The number of hydrogen-bond donors (Lipinski definition) is 2. The van der Waals surface area contributed by atoms with Gasteiger partial charge in [0.25, 0.3) is 0 Å². The van der Waals surface area contributed by atoms with Gasteiger partial charge >= 0.3 is 0 Å². The summed E-state index contributed by atoms with van der Waals surface area (Å²) in [6.07, 6.45) is 5.46. The minimum absolute atomic E-state index is 0.477. The Morgan fingerprint density at radius 2 is 2.26 bits per heavy atom. The van der Waals surface area contributed by atoms with E-state index >= 15 is 0 Å². The number of hydrogen-bond acceptors (Lipinski definition) is 5. The Kier molecular flexibility index (Phi) is 4.65. The predicted octanol–water partition coefficient (Wildman–Crippen LogP) is 2.92. The number of aliphatic hydroxyl groups is 1. The first kappa shape index (κ1) is 14.6. The summed E-state index contributed by atoms with van der Waals surface area (Å²) in [6.45, 7) is 2.30. The molecule has 6 heteroatoms. The molecule has 0 spiro atoms. The summed E-state index contributed by atoms with van der Waals surface area (Å²) in [5, 5.41) is 13.4. The lowest BCUT2D eigenvalue weighted by Gasteiger charge is -2.23. The number of halogens is 1. The maximum atomic E-state index is 10.2. The van der Waals surface area contributed by atoms with Crippen molar-refractivity contribution < 1.29 is 5.11 Å². The molecule has 2 aromatic heterocycles. The van der Waals surface area contributed by atoms with Crippen LogP contribution in [0.25, 0.3) is 11.0 Å². The van der Waals surface area contributed by atoms with Crippen molar-refractivity contribution in [1.82, 2.24) is 9.97 Å². The van der Waals surface area contributed by atoms with E-state index in [-0.39, 0.29) is 0 Å². The Hall–Kier alpha value is -0.850. The van der Waals surface area contributed by atoms with Gasteiger partial charge in [-0.3, -0.25) is 9.97 Å². The van der Waals surface area contributed by atoms with Gasteiger partial charge in [-0.1, -0.05) is 0 Å². The molecule has 2 N–H and O–H groups in total. The molecule has 2 aromatic rings. The normalized spacial score (nSPS) is 14.3. The summed E-state index contributed by atoms with van der Waals surface area (Å²) in [6, 6.07) is 3.80. The summed E-state index contributed by atoms with van der Waals surface area (Å²) >= 11 is 5.01. The van der Waals surface area contributed by atoms with Crippen molar-refractivity contribution in [1.29, 1.82) is 0 Å². The second kappa shape index (κ2) is 6.07.